The molecule has 2 aromatic rings. The van der Waals surface area contributed by atoms with Crippen molar-refractivity contribution in [2.45, 2.75) is 6.92 Å². The van der Waals surface area contributed by atoms with Gasteiger partial charge in [0.15, 0.2) is 0 Å². The predicted molar refractivity (Wildman–Crippen MR) is 66.2 cm³/mol. The standard InChI is InChI=1S/C13H14N2O2/c1-9-8-12(17-13(16)15(2)3)10-6-4-5-7-11(10)14-9/h4-8H,1-3H3. The number of fused-ring (bicyclic) bond motifs is 1. The van der Waals surface area contributed by atoms with E-state index in [0.717, 1.165) is 16.6 Å². The van der Waals surface area contributed by atoms with E-state index in [1.165, 1.54) is 4.90 Å². The zero-order chi connectivity index (χ0) is 12.4. The molecule has 88 valence electrons. The number of rotatable bonds is 1. The molecule has 1 aromatic heterocycles. The van der Waals surface area contributed by atoms with Crippen molar-refractivity contribution >= 4 is 17.0 Å². The maximum absolute atomic E-state index is 11.6. The van der Waals surface area contributed by atoms with Gasteiger partial charge in [-0.25, -0.2) is 4.79 Å². The molecule has 0 fully saturated rings. The third-order valence-electron chi connectivity index (χ3n) is 2.37. The molecule has 0 aliphatic heterocycles. The smallest absolute Gasteiger partial charge is 0.409 e. The molecule has 0 atom stereocenters. The third kappa shape index (κ3) is 2.36. The number of hydrogen-bond donors (Lipinski definition) is 0. The lowest BCUT2D eigenvalue weighted by Gasteiger charge is -2.12. The van der Waals surface area contributed by atoms with E-state index in [-0.39, 0.29) is 6.09 Å². The second-order valence-electron chi connectivity index (χ2n) is 4.04. The summed E-state index contributed by atoms with van der Waals surface area (Å²) in [6.45, 7) is 1.87. The minimum absolute atomic E-state index is 0.388. The Bertz CT molecular complexity index is 564. The summed E-state index contributed by atoms with van der Waals surface area (Å²) in [7, 11) is 3.30. The van der Waals surface area contributed by atoms with Gasteiger partial charge >= 0.3 is 6.09 Å². The van der Waals surface area contributed by atoms with Crippen LogP contribution in [0.5, 0.6) is 5.75 Å². The molecule has 0 spiro atoms. The number of benzene rings is 1. The quantitative estimate of drug-likeness (QED) is 0.756. The van der Waals surface area contributed by atoms with Gasteiger partial charge in [-0.05, 0) is 19.1 Å². The highest BCUT2D eigenvalue weighted by atomic mass is 16.6. The van der Waals surface area contributed by atoms with Crippen molar-refractivity contribution in [3.8, 4) is 5.75 Å². The summed E-state index contributed by atoms with van der Waals surface area (Å²) >= 11 is 0. The minimum atomic E-state index is -0.388. The molecule has 2 rings (SSSR count). The Hall–Kier alpha value is -2.10. The fourth-order valence-corrected chi connectivity index (χ4v) is 1.54. The molecule has 4 heteroatoms. The molecule has 0 radical (unpaired) electrons. The number of aromatic nitrogens is 1. The first-order valence-electron chi connectivity index (χ1n) is 5.33. The van der Waals surface area contributed by atoms with Crippen LogP contribution in [0.2, 0.25) is 0 Å². The van der Waals surface area contributed by atoms with E-state index in [4.69, 9.17) is 4.74 Å². The van der Waals surface area contributed by atoms with Crippen LogP contribution in [-0.4, -0.2) is 30.1 Å². The zero-order valence-electron chi connectivity index (χ0n) is 10.1. The molecule has 0 saturated carbocycles. The molecule has 0 aliphatic carbocycles. The van der Waals surface area contributed by atoms with Crippen LogP contribution in [0, 0.1) is 6.92 Å². The Morgan fingerprint density at radius 1 is 1.29 bits per heavy atom. The number of aryl methyl sites for hydroxylation is 1. The van der Waals surface area contributed by atoms with Gasteiger partial charge in [-0.1, -0.05) is 12.1 Å². The first kappa shape index (κ1) is 11.4. The second-order valence-corrected chi connectivity index (χ2v) is 4.04. The molecule has 0 bridgehead atoms. The Balaban J connectivity index is 2.49. The van der Waals surface area contributed by atoms with Gasteiger partial charge in [0, 0.05) is 31.2 Å². The van der Waals surface area contributed by atoms with Gasteiger partial charge in [0.1, 0.15) is 5.75 Å². The maximum atomic E-state index is 11.6. The molecule has 0 aliphatic rings. The summed E-state index contributed by atoms with van der Waals surface area (Å²) in [5, 5.41) is 0.841. The molecule has 1 aromatic carbocycles. The van der Waals surface area contributed by atoms with Crippen molar-refractivity contribution < 1.29 is 9.53 Å². The van der Waals surface area contributed by atoms with E-state index in [0.29, 0.717) is 5.75 Å². The third-order valence-corrected chi connectivity index (χ3v) is 2.37. The number of para-hydroxylation sites is 1. The van der Waals surface area contributed by atoms with E-state index in [2.05, 4.69) is 4.98 Å². The number of pyridine rings is 1. The summed E-state index contributed by atoms with van der Waals surface area (Å²) < 4.78 is 5.32. The Labute approximate surface area is 99.8 Å². The highest BCUT2D eigenvalue weighted by molar-refractivity contribution is 5.87. The van der Waals surface area contributed by atoms with E-state index in [1.54, 1.807) is 20.2 Å². The average molecular weight is 230 g/mol. The van der Waals surface area contributed by atoms with Crippen LogP contribution in [0.3, 0.4) is 0 Å². The molecular formula is C13H14N2O2. The van der Waals surface area contributed by atoms with Crippen LogP contribution in [-0.2, 0) is 0 Å². The minimum Gasteiger partial charge on any atom is -0.409 e. The van der Waals surface area contributed by atoms with E-state index < -0.39 is 0 Å². The highest BCUT2D eigenvalue weighted by Gasteiger charge is 2.10. The second kappa shape index (κ2) is 4.41. The average Bonchev–Trinajstić information content (AvgIpc) is 2.28. The summed E-state index contributed by atoms with van der Waals surface area (Å²) in [6.07, 6.45) is -0.388. The molecule has 4 nitrogen and oxygen atoms in total. The van der Waals surface area contributed by atoms with E-state index in [1.807, 2.05) is 31.2 Å². The van der Waals surface area contributed by atoms with Crippen LogP contribution < -0.4 is 4.74 Å². The fraction of sp³-hybridized carbons (Fsp3) is 0.231. The number of carbonyl (C=O) groups excluding carboxylic acids is 1. The summed E-state index contributed by atoms with van der Waals surface area (Å²) in [4.78, 5) is 17.3. The van der Waals surface area contributed by atoms with Crippen molar-refractivity contribution in [2.75, 3.05) is 14.1 Å². The van der Waals surface area contributed by atoms with Crippen LogP contribution in [0.25, 0.3) is 10.9 Å². The lowest BCUT2D eigenvalue weighted by Crippen LogP contribution is -2.25. The van der Waals surface area contributed by atoms with Crippen molar-refractivity contribution in [1.29, 1.82) is 0 Å². The van der Waals surface area contributed by atoms with Crippen LogP contribution >= 0.6 is 0 Å². The maximum Gasteiger partial charge on any atom is 0.414 e. The molecule has 17 heavy (non-hydrogen) atoms. The lowest BCUT2D eigenvalue weighted by atomic mass is 10.2. The number of amides is 1. The van der Waals surface area contributed by atoms with E-state index >= 15 is 0 Å². The monoisotopic (exact) mass is 230 g/mol. The summed E-state index contributed by atoms with van der Waals surface area (Å²) in [6, 6.07) is 9.36. The molecule has 1 heterocycles. The first-order valence-corrected chi connectivity index (χ1v) is 5.33. The summed E-state index contributed by atoms with van der Waals surface area (Å²) in [5.74, 6) is 0.548. The van der Waals surface area contributed by atoms with Crippen molar-refractivity contribution in [3.63, 3.8) is 0 Å². The molecule has 0 saturated heterocycles. The van der Waals surface area contributed by atoms with Crippen molar-refractivity contribution in [1.82, 2.24) is 9.88 Å². The topological polar surface area (TPSA) is 42.4 Å². The Morgan fingerprint density at radius 3 is 2.71 bits per heavy atom. The van der Waals surface area contributed by atoms with Gasteiger partial charge in [0.2, 0.25) is 0 Å². The van der Waals surface area contributed by atoms with Gasteiger partial charge in [-0.2, -0.15) is 0 Å². The molecular weight excluding hydrogens is 216 g/mol. The lowest BCUT2D eigenvalue weighted by molar-refractivity contribution is 0.172. The largest absolute Gasteiger partial charge is 0.414 e. The number of ether oxygens (including phenoxy) is 1. The van der Waals surface area contributed by atoms with Crippen LogP contribution in [0.1, 0.15) is 5.69 Å². The van der Waals surface area contributed by atoms with Gasteiger partial charge in [0.25, 0.3) is 0 Å². The Morgan fingerprint density at radius 2 is 2.00 bits per heavy atom. The van der Waals surface area contributed by atoms with Gasteiger partial charge in [0.05, 0.1) is 5.52 Å². The van der Waals surface area contributed by atoms with Crippen molar-refractivity contribution in [3.05, 3.63) is 36.0 Å². The van der Waals surface area contributed by atoms with Crippen molar-refractivity contribution in [2.24, 2.45) is 0 Å². The fourth-order valence-electron chi connectivity index (χ4n) is 1.54. The number of hydrogen-bond acceptors (Lipinski definition) is 3. The molecule has 0 N–H and O–H groups in total. The highest BCUT2D eigenvalue weighted by Crippen LogP contribution is 2.25. The SMILES string of the molecule is Cc1cc(OC(=O)N(C)C)c2ccccc2n1. The zero-order valence-corrected chi connectivity index (χ0v) is 10.1. The predicted octanol–water partition coefficient (Wildman–Crippen LogP) is 2.60. The number of carbonyl (C=O) groups is 1. The number of nitrogens with zero attached hydrogens (tertiary/aromatic N) is 2. The molecule has 0 unspecified atom stereocenters. The van der Waals surface area contributed by atoms with E-state index in [9.17, 15) is 4.79 Å². The van der Waals surface area contributed by atoms with Gasteiger partial charge < -0.3 is 9.64 Å². The van der Waals surface area contributed by atoms with Gasteiger partial charge in [-0.3, -0.25) is 4.98 Å². The first-order chi connectivity index (χ1) is 8.08. The van der Waals surface area contributed by atoms with Crippen LogP contribution in [0.15, 0.2) is 30.3 Å². The summed E-state index contributed by atoms with van der Waals surface area (Å²) in [5.41, 5.74) is 1.65. The van der Waals surface area contributed by atoms with Crippen LogP contribution in [0.4, 0.5) is 4.79 Å². The Kier molecular flexibility index (Phi) is 2.95. The van der Waals surface area contributed by atoms with Gasteiger partial charge in [-0.15, -0.1) is 0 Å². The normalized spacial score (nSPS) is 10.3. The molecule has 1 amide bonds.